The average Bonchev–Trinajstić information content (AvgIpc) is 2.97. The maximum atomic E-state index is 12.0. The van der Waals surface area contributed by atoms with Crippen molar-refractivity contribution in [2.45, 2.75) is 6.54 Å². The number of nitrogens with one attached hydrogen (secondary N) is 1. The van der Waals surface area contributed by atoms with Crippen molar-refractivity contribution in [1.82, 2.24) is 15.2 Å². The van der Waals surface area contributed by atoms with E-state index in [1.54, 1.807) is 7.05 Å². The van der Waals surface area contributed by atoms with Gasteiger partial charge >= 0.3 is 5.76 Å². The molecule has 0 radical (unpaired) electrons. The van der Waals surface area contributed by atoms with Crippen molar-refractivity contribution in [1.29, 1.82) is 0 Å². The molecule has 0 spiro atoms. The van der Waals surface area contributed by atoms with Gasteiger partial charge in [0.1, 0.15) is 0 Å². The summed E-state index contributed by atoms with van der Waals surface area (Å²) in [6, 6.07) is 18.9. The van der Waals surface area contributed by atoms with Crippen molar-refractivity contribution in [2.75, 3.05) is 7.05 Å². The topological polar surface area (TPSA) is 72.4 Å². The Hall–Kier alpha value is -3.15. The fourth-order valence-electron chi connectivity index (χ4n) is 2.20. The lowest BCUT2D eigenvalue weighted by atomic mass is 10.1. The van der Waals surface area contributed by atoms with E-state index in [0.29, 0.717) is 11.6 Å². The van der Waals surface area contributed by atoms with Crippen LogP contribution >= 0.6 is 0 Å². The molecule has 0 bridgehead atoms. The molecule has 3 aromatic rings. The Bertz CT molecular complexity index is 851. The number of aromatic nitrogens is 2. The standard InChI is InChI=1S/C17H16N4O2/c1-18-19-15(13-8-4-2-5-9-13)12-21-17(22)23-16(20-21)14-10-6-3-7-11-14/h2-11,18H,12H2,1H3/b19-15+. The lowest BCUT2D eigenvalue weighted by molar-refractivity contribution is 0.500. The van der Waals surface area contributed by atoms with Gasteiger partial charge in [-0.3, -0.25) is 0 Å². The first-order valence-electron chi connectivity index (χ1n) is 7.20. The molecule has 6 heteroatoms. The Kier molecular flexibility index (Phi) is 4.33. The summed E-state index contributed by atoms with van der Waals surface area (Å²) in [4.78, 5) is 12.0. The first-order chi connectivity index (χ1) is 11.3. The summed E-state index contributed by atoms with van der Waals surface area (Å²) in [5, 5.41) is 8.49. The normalized spacial score (nSPS) is 11.4. The molecule has 0 aliphatic carbocycles. The summed E-state index contributed by atoms with van der Waals surface area (Å²) in [5.74, 6) is -0.212. The quantitative estimate of drug-likeness (QED) is 0.579. The largest absolute Gasteiger partial charge is 0.437 e. The third kappa shape index (κ3) is 3.37. The summed E-state index contributed by atoms with van der Waals surface area (Å²) in [6.45, 7) is 0.222. The number of benzene rings is 2. The van der Waals surface area contributed by atoms with E-state index < -0.39 is 5.76 Å². The van der Waals surface area contributed by atoms with Crippen molar-refractivity contribution < 1.29 is 4.42 Å². The van der Waals surface area contributed by atoms with E-state index in [-0.39, 0.29) is 6.54 Å². The van der Waals surface area contributed by atoms with Crippen LogP contribution in [-0.2, 0) is 6.54 Å². The molecule has 6 nitrogen and oxygen atoms in total. The predicted molar refractivity (Wildman–Crippen MR) is 88.2 cm³/mol. The molecule has 1 N–H and O–H groups in total. The van der Waals surface area contributed by atoms with Crippen LogP contribution in [0.5, 0.6) is 0 Å². The van der Waals surface area contributed by atoms with Gasteiger partial charge in [0.2, 0.25) is 5.89 Å². The summed E-state index contributed by atoms with van der Waals surface area (Å²) >= 11 is 0. The molecule has 0 atom stereocenters. The predicted octanol–water partition coefficient (Wildman–Crippen LogP) is 2.13. The average molecular weight is 308 g/mol. The lowest BCUT2D eigenvalue weighted by Crippen LogP contribution is -2.23. The minimum absolute atomic E-state index is 0.222. The van der Waals surface area contributed by atoms with Gasteiger partial charge in [-0.25, -0.2) is 4.79 Å². The Labute approximate surface area is 133 Å². The molecule has 0 fully saturated rings. The fourth-order valence-corrected chi connectivity index (χ4v) is 2.20. The van der Waals surface area contributed by atoms with Crippen LogP contribution < -0.4 is 11.2 Å². The van der Waals surface area contributed by atoms with Gasteiger partial charge in [-0.15, -0.1) is 5.10 Å². The van der Waals surface area contributed by atoms with E-state index in [9.17, 15) is 4.79 Å². The molecule has 0 aliphatic rings. The van der Waals surface area contributed by atoms with Crippen molar-refractivity contribution in [2.24, 2.45) is 5.10 Å². The molecular formula is C17H16N4O2. The molecule has 0 amide bonds. The minimum atomic E-state index is -0.511. The summed E-state index contributed by atoms with van der Waals surface area (Å²) in [6.07, 6.45) is 0. The molecular weight excluding hydrogens is 292 g/mol. The molecule has 0 saturated heterocycles. The van der Waals surface area contributed by atoms with Crippen LogP contribution in [0.25, 0.3) is 11.5 Å². The van der Waals surface area contributed by atoms with Crippen LogP contribution in [0.3, 0.4) is 0 Å². The fraction of sp³-hybridized carbons (Fsp3) is 0.118. The lowest BCUT2D eigenvalue weighted by Gasteiger charge is -2.05. The minimum Gasteiger partial charge on any atom is -0.388 e. The van der Waals surface area contributed by atoms with Crippen LogP contribution in [0.2, 0.25) is 0 Å². The van der Waals surface area contributed by atoms with E-state index >= 15 is 0 Å². The summed E-state index contributed by atoms with van der Waals surface area (Å²) in [5.41, 5.74) is 5.13. The van der Waals surface area contributed by atoms with Crippen LogP contribution in [0, 0.1) is 0 Å². The SMILES string of the molecule is CN/N=C(\Cn1nc(-c2ccccc2)oc1=O)c1ccccc1. The molecule has 0 unspecified atom stereocenters. The number of nitrogens with zero attached hydrogens (tertiary/aromatic N) is 3. The second-order valence-corrected chi connectivity index (χ2v) is 4.84. The monoisotopic (exact) mass is 308 g/mol. The summed E-state index contributed by atoms with van der Waals surface area (Å²) < 4.78 is 6.51. The number of hydrogen-bond acceptors (Lipinski definition) is 5. The van der Waals surface area contributed by atoms with Crippen molar-refractivity contribution in [3.05, 3.63) is 76.8 Å². The van der Waals surface area contributed by atoms with Crippen LogP contribution in [-0.4, -0.2) is 22.5 Å². The number of rotatable bonds is 5. The van der Waals surface area contributed by atoms with Crippen LogP contribution in [0.4, 0.5) is 0 Å². The highest BCUT2D eigenvalue weighted by atomic mass is 16.4. The maximum Gasteiger partial charge on any atom is 0.437 e. The highest BCUT2D eigenvalue weighted by Gasteiger charge is 2.13. The smallest absolute Gasteiger partial charge is 0.388 e. The molecule has 2 aromatic carbocycles. The van der Waals surface area contributed by atoms with Crippen LogP contribution in [0.15, 0.2) is 75.0 Å². The molecule has 116 valence electrons. The third-order valence-corrected chi connectivity index (χ3v) is 3.28. The molecule has 23 heavy (non-hydrogen) atoms. The first-order valence-corrected chi connectivity index (χ1v) is 7.20. The van der Waals surface area contributed by atoms with E-state index in [0.717, 1.165) is 11.1 Å². The summed E-state index contributed by atoms with van der Waals surface area (Å²) in [7, 11) is 1.71. The highest BCUT2D eigenvalue weighted by molar-refractivity contribution is 6.00. The van der Waals surface area contributed by atoms with Crippen LogP contribution in [0.1, 0.15) is 5.56 Å². The van der Waals surface area contributed by atoms with Gasteiger partial charge in [0, 0.05) is 12.6 Å². The molecule has 1 heterocycles. The van der Waals surface area contributed by atoms with E-state index in [1.807, 2.05) is 60.7 Å². The van der Waals surface area contributed by atoms with Gasteiger partial charge in [0.25, 0.3) is 0 Å². The van der Waals surface area contributed by atoms with Gasteiger partial charge < -0.3 is 9.84 Å². The number of hydrogen-bond donors (Lipinski definition) is 1. The zero-order chi connectivity index (χ0) is 16.1. The molecule has 3 rings (SSSR count). The number of hydrazone groups is 1. The van der Waals surface area contributed by atoms with Gasteiger partial charge in [0.05, 0.1) is 12.3 Å². The van der Waals surface area contributed by atoms with Crippen molar-refractivity contribution >= 4 is 5.71 Å². The van der Waals surface area contributed by atoms with E-state index in [2.05, 4.69) is 15.6 Å². The third-order valence-electron chi connectivity index (χ3n) is 3.28. The zero-order valence-electron chi connectivity index (χ0n) is 12.6. The second-order valence-electron chi connectivity index (χ2n) is 4.84. The molecule has 0 saturated carbocycles. The Balaban J connectivity index is 1.92. The van der Waals surface area contributed by atoms with Gasteiger partial charge in [0.15, 0.2) is 0 Å². The van der Waals surface area contributed by atoms with Gasteiger partial charge in [-0.05, 0) is 17.7 Å². The highest BCUT2D eigenvalue weighted by Crippen LogP contribution is 2.14. The van der Waals surface area contributed by atoms with Crippen molar-refractivity contribution in [3.8, 4) is 11.5 Å². The van der Waals surface area contributed by atoms with Gasteiger partial charge in [-0.1, -0.05) is 48.5 Å². The Morgan fingerprint density at radius 1 is 1.13 bits per heavy atom. The Morgan fingerprint density at radius 3 is 2.43 bits per heavy atom. The first kappa shape index (κ1) is 14.8. The van der Waals surface area contributed by atoms with E-state index in [4.69, 9.17) is 4.42 Å². The van der Waals surface area contributed by atoms with Crippen molar-refractivity contribution in [3.63, 3.8) is 0 Å². The van der Waals surface area contributed by atoms with Gasteiger partial charge in [-0.2, -0.15) is 9.78 Å². The Morgan fingerprint density at radius 2 is 1.78 bits per heavy atom. The molecule has 0 aliphatic heterocycles. The maximum absolute atomic E-state index is 12.0. The second kappa shape index (κ2) is 6.74. The molecule has 1 aromatic heterocycles. The zero-order valence-corrected chi connectivity index (χ0v) is 12.6. The van der Waals surface area contributed by atoms with E-state index in [1.165, 1.54) is 4.68 Å².